The lowest BCUT2D eigenvalue weighted by Gasteiger charge is -2.36. The third-order valence-electron chi connectivity index (χ3n) is 5.72. The van der Waals surface area contributed by atoms with Crippen molar-refractivity contribution in [3.63, 3.8) is 0 Å². The molecule has 6 heteroatoms. The number of rotatable bonds is 5. The van der Waals surface area contributed by atoms with Gasteiger partial charge in [-0.05, 0) is 30.2 Å². The molecule has 152 valence electrons. The minimum absolute atomic E-state index is 0.0411. The fourth-order valence-electron chi connectivity index (χ4n) is 4.03. The molecule has 0 radical (unpaired) electrons. The highest BCUT2D eigenvalue weighted by Gasteiger charge is 2.31. The second-order valence-electron chi connectivity index (χ2n) is 7.82. The number of aryl methyl sites for hydroxylation is 1. The first kappa shape index (κ1) is 19.3. The van der Waals surface area contributed by atoms with Gasteiger partial charge in [0.2, 0.25) is 5.91 Å². The minimum Gasteiger partial charge on any atom is -0.368 e. The van der Waals surface area contributed by atoms with Crippen LogP contribution >= 0.6 is 0 Å². The van der Waals surface area contributed by atoms with Crippen molar-refractivity contribution in [1.82, 2.24) is 14.7 Å². The standard InChI is InChI=1S/C23H28N4O2/c1-19-6-5-9-21(16-19)24-10-12-25(13-11-24)22(28)18-27-15-14-26(23(27)29)17-20-7-3-2-4-8-20/h2-9,16H,10-15,17-18H2,1H3. The molecule has 3 amide bonds. The molecule has 0 bridgehead atoms. The Morgan fingerprint density at radius 1 is 0.862 bits per heavy atom. The van der Waals surface area contributed by atoms with Gasteiger partial charge in [0.05, 0.1) is 0 Å². The quantitative estimate of drug-likeness (QED) is 0.786. The Morgan fingerprint density at radius 2 is 1.59 bits per heavy atom. The maximum Gasteiger partial charge on any atom is 0.320 e. The number of hydrogen-bond acceptors (Lipinski definition) is 3. The summed E-state index contributed by atoms with van der Waals surface area (Å²) in [5, 5.41) is 0. The van der Waals surface area contributed by atoms with Crippen LogP contribution in [0.25, 0.3) is 0 Å². The average molecular weight is 393 g/mol. The zero-order chi connectivity index (χ0) is 20.2. The lowest BCUT2D eigenvalue weighted by Crippen LogP contribution is -2.51. The third kappa shape index (κ3) is 4.53. The number of nitrogens with zero attached hydrogens (tertiary/aromatic N) is 4. The molecular formula is C23H28N4O2. The number of carbonyl (C=O) groups excluding carboxylic acids is 2. The molecule has 2 aromatic rings. The van der Waals surface area contributed by atoms with Gasteiger partial charge in [-0.2, -0.15) is 0 Å². The molecule has 0 saturated carbocycles. The lowest BCUT2D eigenvalue weighted by atomic mass is 10.2. The fourth-order valence-corrected chi connectivity index (χ4v) is 4.03. The van der Waals surface area contributed by atoms with E-state index in [-0.39, 0.29) is 18.5 Å². The summed E-state index contributed by atoms with van der Waals surface area (Å²) in [7, 11) is 0. The van der Waals surface area contributed by atoms with Crippen molar-refractivity contribution in [2.45, 2.75) is 13.5 Å². The van der Waals surface area contributed by atoms with Gasteiger partial charge in [0.25, 0.3) is 0 Å². The Labute approximate surface area is 172 Å². The van der Waals surface area contributed by atoms with Crippen molar-refractivity contribution in [2.75, 3.05) is 50.7 Å². The molecule has 2 aliphatic rings. The fraction of sp³-hybridized carbons (Fsp3) is 0.391. The number of piperazine rings is 1. The molecule has 0 aromatic heterocycles. The summed E-state index contributed by atoms with van der Waals surface area (Å²) in [5.74, 6) is 0.0452. The molecule has 0 N–H and O–H groups in total. The molecule has 2 fully saturated rings. The zero-order valence-electron chi connectivity index (χ0n) is 17.0. The van der Waals surface area contributed by atoms with Crippen molar-refractivity contribution in [1.29, 1.82) is 0 Å². The highest BCUT2D eigenvalue weighted by Crippen LogP contribution is 2.18. The number of carbonyl (C=O) groups is 2. The van der Waals surface area contributed by atoms with E-state index in [0.29, 0.717) is 32.7 Å². The van der Waals surface area contributed by atoms with Crippen LogP contribution in [0.15, 0.2) is 54.6 Å². The van der Waals surface area contributed by atoms with Crippen LogP contribution in [0, 0.1) is 6.92 Å². The Bertz CT molecular complexity index is 862. The third-order valence-corrected chi connectivity index (χ3v) is 5.72. The monoisotopic (exact) mass is 392 g/mol. The van der Waals surface area contributed by atoms with Crippen LogP contribution in [0.1, 0.15) is 11.1 Å². The molecule has 0 spiro atoms. The van der Waals surface area contributed by atoms with Crippen LogP contribution in [-0.2, 0) is 11.3 Å². The van der Waals surface area contributed by atoms with Gasteiger partial charge in [0.1, 0.15) is 6.54 Å². The Kier molecular flexibility index (Phi) is 5.69. The molecule has 0 atom stereocenters. The van der Waals surface area contributed by atoms with Crippen molar-refractivity contribution >= 4 is 17.6 Å². The molecule has 2 saturated heterocycles. The number of benzene rings is 2. The van der Waals surface area contributed by atoms with Crippen molar-refractivity contribution < 1.29 is 9.59 Å². The molecule has 2 heterocycles. The van der Waals surface area contributed by atoms with Gasteiger partial charge >= 0.3 is 6.03 Å². The highest BCUT2D eigenvalue weighted by atomic mass is 16.2. The van der Waals surface area contributed by atoms with E-state index in [2.05, 4.69) is 36.1 Å². The molecule has 29 heavy (non-hydrogen) atoms. The number of hydrogen-bond donors (Lipinski definition) is 0. The van der Waals surface area contributed by atoms with E-state index in [0.717, 1.165) is 18.7 Å². The van der Waals surface area contributed by atoms with E-state index in [1.54, 1.807) is 4.90 Å². The van der Waals surface area contributed by atoms with Crippen LogP contribution in [0.5, 0.6) is 0 Å². The van der Waals surface area contributed by atoms with Crippen LogP contribution < -0.4 is 4.90 Å². The predicted octanol–water partition coefficient (Wildman–Crippen LogP) is 2.58. The lowest BCUT2D eigenvalue weighted by molar-refractivity contribution is -0.131. The SMILES string of the molecule is Cc1cccc(N2CCN(C(=O)CN3CCN(Cc4ccccc4)C3=O)CC2)c1. The first-order valence-electron chi connectivity index (χ1n) is 10.3. The molecule has 6 nitrogen and oxygen atoms in total. The second kappa shape index (κ2) is 8.55. The zero-order valence-corrected chi connectivity index (χ0v) is 17.0. The Hall–Kier alpha value is -3.02. The van der Waals surface area contributed by atoms with E-state index < -0.39 is 0 Å². The number of urea groups is 1. The van der Waals surface area contributed by atoms with Gasteiger partial charge in [0, 0.05) is 51.5 Å². The minimum atomic E-state index is -0.0411. The highest BCUT2D eigenvalue weighted by molar-refractivity contribution is 5.85. The molecule has 0 unspecified atom stereocenters. The first-order chi connectivity index (χ1) is 14.1. The average Bonchev–Trinajstić information content (AvgIpc) is 3.08. The van der Waals surface area contributed by atoms with E-state index in [4.69, 9.17) is 0 Å². The van der Waals surface area contributed by atoms with Gasteiger partial charge < -0.3 is 19.6 Å². The summed E-state index contributed by atoms with van der Waals surface area (Å²) in [6.45, 7) is 7.19. The predicted molar refractivity (Wildman–Crippen MR) is 114 cm³/mol. The summed E-state index contributed by atoms with van der Waals surface area (Å²) < 4.78 is 0. The molecule has 0 aliphatic carbocycles. The van der Waals surface area contributed by atoms with E-state index >= 15 is 0 Å². The molecule has 2 aromatic carbocycles. The number of anilines is 1. The van der Waals surface area contributed by atoms with Crippen LogP contribution in [0.3, 0.4) is 0 Å². The van der Waals surface area contributed by atoms with Crippen LogP contribution in [-0.4, -0.2) is 72.5 Å². The largest absolute Gasteiger partial charge is 0.368 e. The maximum absolute atomic E-state index is 12.8. The van der Waals surface area contributed by atoms with Gasteiger partial charge in [0.15, 0.2) is 0 Å². The topological polar surface area (TPSA) is 47.1 Å². The van der Waals surface area contributed by atoms with E-state index in [9.17, 15) is 9.59 Å². The number of amides is 3. The van der Waals surface area contributed by atoms with E-state index in [1.165, 1.54) is 11.3 Å². The Morgan fingerprint density at radius 3 is 2.31 bits per heavy atom. The van der Waals surface area contributed by atoms with Gasteiger partial charge in [-0.3, -0.25) is 4.79 Å². The van der Waals surface area contributed by atoms with Gasteiger partial charge in [-0.1, -0.05) is 42.5 Å². The van der Waals surface area contributed by atoms with Crippen LogP contribution in [0.4, 0.5) is 10.5 Å². The molecule has 2 aliphatic heterocycles. The smallest absolute Gasteiger partial charge is 0.320 e. The molecule has 4 rings (SSSR count). The normalized spacial score (nSPS) is 17.2. The Balaban J connectivity index is 1.27. The summed E-state index contributed by atoms with van der Waals surface area (Å²) in [6.07, 6.45) is 0. The maximum atomic E-state index is 12.8. The van der Waals surface area contributed by atoms with Crippen molar-refractivity contribution in [3.8, 4) is 0 Å². The van der Waals surface area contributed by atoms with Gasteiger partial charge in [-0.15, -0.1) is 0 Å². The summed E-state index contributed by atoms with van der Waals surface area (Å²) in [5.41, 5.74) is 3.57. The second-order valence-corrected chi connectivity index (χ2v) is 7.82. The first-order valence-corrected chi connectivity index (χ1v) is 10.3. The summed E-state index contributed by atoms with van der Waals surface area (Å²) >= 11 is 0. The van der Waals surface area contributed by atoms with Gasteiger partial charge in [-0.25, -0.2) is 4.79 Å². The molecular weight excluding hydrogens is 364 g/mol. The van der Waals surface area contributed by atoms with Crippen LogP contribution in [0.2, 0.25) is 0 Å². The summed E-state index contributed by atoms with van der Waals surface area (Å²) in [4.78, 5) is 33.1. The summed E-state index contributed by atoms with van der Waals surface area (Å²) in [6, 6.07) is 18.4. The van der Waals surface area contributed by atoms with Crippen molar-refractivity contribution in [2.24, 2.45) is 0 Å². The van der Waals surface area contributed by atoms with E-state index in [1.807, 2.05) is 40.1 Å². The van der Waals surface area contributed by atoms with Crippen molar-refractivity contribution in [3.05, 3.63) is 65.7 Å².